The largest absolute Gasteiger partial charge is 0.484 e. The Hall–Kier alpha value is -1.88. The Kier molecular flexibility index (Phi) is 4.66. The molecule has 0 bridgehead atoms. The number of aryl methyl sites for hydroxylation is 3. The van der Waals surface area contributed by atoms with Gasteiger partial charge in [-0.3, -0.25) is 10.1 Å². The molecule has 0 saturated carbocycles. The second-order valence-electron chi connectivity index (χ2n) is 6.32. The molecular formula is C18H22N2O2S. The van der Waals surface area contributed by atoms with Gasteiger partial charge in [-0.1, -0.05) is 13.0 Å². The molecule has 4 nitrogen and oxygen atoms in total. The number of amides is 1. The maximum absolute atomic E-state index is 12.0. The highest BCUT2D eigenvalue weighted by Gasteiger charge is 2.20. The molecular weight excluding hydrogens is 308 g/mol. The van der Waals surface area contributed by atoms with Gasteiger partial charge < -0.3 is 4.74 Å². The highest BCUT2D eigenvalue weighted by Crippen LogP contribution is 2.32. The Labute approximate surface area is 140 Å². The molecule has 1 amide bonds. The summed E-state index contributed by atoms with van der Waals surface area (Å²) in [5, 5.41) is 3.55. The van der Waals surface area contributed by atoms with Crippen molar-refractivity contribution in [3.63, 3.8) is 0 Å². The number of thiazole rings is 1. The van der Waals surface area contributed by atoms with Crippen LogP contribution in [0.2, 0.25) is 0 Å². The van der Waals surface area contributed by atoms with Crippen molar-refractivity contribution in [3.05, 3.63) is 39.9 Å². The number of hydrogen-bond donors (Lipinski definition) is 1. The summed E-state index contributed by atoms with van der Waals surface area (Å²) >= 11 is 1.59. The molecule has 0 radical (unpaired) electrons. The number of benzene rings is 1. The summed E-state index contributed by atoms with van der Waals surface area (Å²) in [6.07, 6.45) is 3.27. The number of fused-ring (bicyclic) bond motifs is 1. The predicted octanol–water partition coefficient (Wildman–Crippen LogP) is 3.90. The molecule has 1 aromatic carbocycles. The first-order valence-electron chi connectivity index (χ1n) is 7.99. The Morgan fingerprint density at radius 2 is 2.22 bits per heavy atom. The number of anilines is 1. The molecule has 2 aromatic rings. The molecule has 3 rings (SSSR count). The van der Waals surface area contributed by atoms with E-state index in [1.165, 1.54) is 16.9 Å². The second kappa shape index (κ2) is 6.71. The van der Waals surface area contributed by atoms with E-state index in [1.54, 1.807) is 11.3 Å². The summed E-state index contributed by atoms with van der Waals surface area (Å²) in [7, 11) is 0. The van der Waals surface area contributed by atoms with Gasteiger partial charge in [0.15, 0.2) is 11.7 Å². The minimum Gasteiger partial charge on any atom is -0.484 e. The number of carbonyl (C=O) groups excluding carboxylic acids is 1. The van der Waals surface area contributed by atoms with E-state index in [1.807, 2.05) is 25.1 Å². The first-order chi connectivity index (χ1) is 11.0. The van der Waals surface area contributed by atoms with Gasteiger partial charge in [0.25, 0.3) is 5.91 Å². The van der Waals surface area contributed by atoms with Crippen molar-refractivity contribution in [2.75, 3.05) is 11.9 Å². The topological polar surface area (TPSA) is 51.2 Å². The van der Waals surface area contributed by atoms with E-state index in [2.05, 4.69) is 24.1 Å². The highest BCUT2D eigenvalue weighted by molar-refractivity contribution is 7.15. The van der Waals surface area contributed by atoms with E-state index in [4.69, 9.17) is 4.74 Å². The van der Waals surface area contributed by atoms with Crippen molar-refractivity contribution >= 4 is 22.4 Å². The number of nitrogens with one attached hydrogen (secondary N) is 1. The lowest BCUT2D eigenvalue weighted by atomic mass is 9.93. The van der Waals surface area contributed by atoms with Crippen LogP contribution in [0.1, 0.15) is 35.0 Å². The highest BCUT2D eigenvalue weighted by atomic mass is 32.1. The van der Waals surface area contributed by atoms with Crippen molar-refractivity contribution in [2.45, 2.75) is 40.0 Å². The van der Waals surface area contributed by atoms with Gasteiger partial charge in [-0.15, -0.1) is 11.3 Å². The molecule has 5 heteroatoms. The van der Waals surface area contributed by atoms with Crippen LogP contribution in [0.15, 0.2) is 18.2 Å². The van der Waals surface area contributed by atoms with Gasteiger partial charge in [-0.25, -0.2) is 4.98 Å². The third-order valence-corrected chi connectivity index (χ3v) is 5.32. The molecule has 0 saturated heterocycles. The van der Waals surface area contributed by atoms with E-state index in [0.717, 1.165) is 29.8 Å². The molecule has 23 heavy (non-hydrogen) atoms. The Morgan fingerprint density at radius 3 is 3.00 bits per heavy atom. The number of carbonyl (C=O) groups is 1. The lowest BCUT2D eigenvalue weighted by Crippen LogP contribution is -2.20. The first-order valence-corrected chi connectivity index (χ1v) is 8.81. The molecule has 0 aliphatic heterocycles. The number of aromatic nitrogens is 1. The SMILES string of the molecule is Cc1ccc(OCC(=O)Nc2nc3c(s2)C[C@H](C)CC3)cc1C. The summed E-state index contributed by atoms with van der Waals surface area (Å²) in [6.45, 7) is 6.35. The summed E-state index contributed by atoms with van der Waals surface area (Å²) in [6, 6.07) is 5.84. The average Bonchev–Trinajstić information content (AvgIpc) is 2.89. The quantitative estimate of drug-likeness (QED) is 0.925. The molecule has 0 unspecified atom stereocenters. The normalized spacial score (nSPS) is 16.7. The van der Waals surface area contributed by atoms with Crippen LogP contribution >= 0.6 is 11.3 Å². The Morgan fingerprint density at radius 1 is 1.39 bits per heavy atom. The zero-order valence-electron chi connectivity index (χ0n) is 13.8. The lowest BCUT2D eigenvalue weighted by Gasteiger charge is -2.15. The van der Waals surface area contributed by atoms with Gasteiger partial charge in [0.2, 0.25) is 0 Å². The molecule has 1 aromatic heterocycles. The van der Waals surface area contributed by atoms with E-state index >= 15 is 0 Å². The van der Waals surface area contributed by atoms with Gasteiger partial charge in [0, 0.05) is 4.88 Å². The molecule has 1 atom stereocenters. The van der Waals surface area contributed by atoms with Crippen LogP contribution in [-0.4, -0.2) is 17.5 Å². The minimum absolute atomic E-state index is 0.00313. The summed E-state index contributed by atoms with van der Waals surface area (Å²) in [4.78, 5) is 17.9. The monoisotopic (exact) mass is 330 g/mol. The van der Waals surface area contributed by atoms with Crippen molar-refractivity contribution in [3.8, 4) is 5.75 Å². The molecule has 122 valence electrons. The maximum atomic E-state index is 12.0. The van der Waals surface area contributed by atoms with Crippen molar-refractivity contribution < 1.29 is 9.53 Å². The molecule has 1 heterocycles. The predicted molar refractivity (Wildman–Crippen MR) is 93.3 cm³/mol. The minimum atomic E-state index is -0.164. The standard InChI is InChI=1S/C18H22N2O2S/c1-11-4-7-15-16(8-11)23-18(19-15)20-17(21)10-22-14-6-5-12(2)13(3)9-14/h5-6,9,11H,4,7-8,10H2,1-3H3,(H,19,20,21)/t11-/m1/s1. The molecule has 1 N–H and O–H groups in total. The molecule has 1 aliphatic rings. The van der Waals surface area contributed by atoms with Gasteiger partial charge in [-0.2, -0.15) is 0 Å². The van der Waals surface area contributed by atoms with Crippen LogP contribution in [0.5, 0.6) is 5.75 Å². The van der Waals surface area contributed by atoms with Crippen LogP contribution in [0.4, 0.5) is 5.13 Å². The van der Waals surface area contributed by atoms with Crippen LogP contribution < -0.4 is 10.1 Å². The van der Waals surface area contributed by atoms with Gasteiger partial charge in [0.1, 0.15) is 5.75 Å². The average molecular weight is 330 g/mol. The fourth-order valence-corrected chi connectivity index (χ4v) is 3.89. The van der Waals surface area contributed by atoms with Crippen LogP contribution in [0.3, 0.4) is 0 Å². The lowest BCUT2D eigenvalue weighted by molar-refractivity contribution is -0.118. The maximum Gasteiger partial charge on any atom is 0.264 e. The molecule has 1 aliphatic carbocycles. The van der Waals surface area contributed by atoms with Crippen molar-refractivity contribution in [1.82, 2.24) is 4.98 Å². The van der Waals surface area contributed by atoms with E-state index in [0.29, 0.717) is 11.0 Å². The molecule has 0 fully saturated rings. The van der Waals surface area contributed by atoms with Gasteiger partial charge >= 0.3 is 0 Å². The Balaban J connectivity index is 1.56. The van der Waals surface area contributed by atoms with E-state index in [9.17, 15) is 4.79 Å². The molecule has 0 spiro atoms. The van der Waals surface area contributed by atoms with Gasteiger partial charge in [-0.05, 0) is 62.3 Å². The number of nitrogens with zero attached hydrogens (tertiary/aromatic N) is 1. The number of hydrogen-bond acceptors (Lipinski definition) is 4. The third kappa shape index (κ3) is 3.91. The zero-order valence-corrected chi connectivity index (χ0v) is 14.6. The summed E-state index contributed by atoms with van der Waals surface area (Å²) in [5.41, 5.74) is 3.52. The third-order valence-electron chi connectivity index (χ3n) is 4.28. The second-order valence-corrected chi connectivity index (χ2v) is 7.40. The first kappa shape index (κ1) is 16.0. The zero-order chi connectivity index (χ0) is 16.4. The smallest absolute Gasteiger partial charge is 0.264 e. The summed E-state index contributed by atoms with van der Waals surface area (Å²) in [5.74, 6) is 1.26. The Bertz CT molecular complexity index is 724. The fraction of sp³-hybridized carbons (Fsp3) is 0.444. The van der Waals surface area contributed by atoms with Crippen LogP contribution in [0.25, 0.3) is 0 Å². The van der Waals surface area contributed by atoms with Gasteiger partial charge in [0.05, 0.1) is 5.69 Å². The van der Waals surface area contributed by atoms with Crippen molar-refractivity contribution in [1.29, 1.82) is 0 Å². The number of rotatable bonds is 4. The van der Waals surface area contributed by atoms with E-state index in [-0.39, 0.29) is 12.5 Å². The van der Waals surface area contributed by atoms with Crippen LogP contribution in [0, 0.1) is 19.8 Å². The van der Waals surface area contributed by atoms with E-state index < -0.39 is 0 Å². The van der Waals surface area contributed by atoms with Crippen molar-refractivity contribution in [2.24, 2.45) is 5.92 Å². The summed E-state index contributed by atoms with van der Waals surface area (Å²) < 4.78 is 5.56. The fourth-order valence-electron chi connectivity index (χ4n) is 2.70. The number of ether oxygens (including phenoxy) is 1. The van der Waals surface area contributed by atoms with Crippen LogP contribution in [-0.2, 0) is 17.6 Å².